The summed E-state index contributed by atoms with van der Waals surface area (Å²) in [5.74, 6) is 1.25. The van der Waals surface area contributed by atoms with E-state index in [0.717, 1.165) is 31.5 Å². The number of hydrogen-bond donors (Lipinski definition) is 2. The molecule has 0 saturated heterocycles. The van der Waals surface area contributed by atoms with E-state index in [2.05, 4.69) is 12.2 Å². The third kappa shape index (κ3) is 8.15. The summed E-state index contributed by atoms with van der Waals surface area (Å²) in [5, 5.41) is 14.1. The van der Waals surface area contributed by atoms with Gasteiger partial charge in [-0.15, -0.1) is 0 Å². The van der Waals surface area contributed by atoms with E-state index < -0.39 is 5.43 Å². The molecule has 0 amide bonds. The SMILES string of the molecule is CCCNCCCOc1c(-c2ccc(OCC=C(C)C)cc2)oc2cc(OCC=C(C)C)cc(O)c2c1=O. The Labute approximate surface area is 224 Å². The summed E-state index contributed by atoms with van der Waals surface area (Å²) in [4.78, 5) is 13.6. The Morgan fingerprint density at radius 1 is 0.921 bits per heavy atom. The molecular formula is C31H39NO6. The number of benzene rings is 2. The maximum absolute atomic E-state index is 13.6. The molecule has 0 spiro atoms. The molecule has 1 aromatic heterocycles. The van der Waals surface area contributed by atoms with Crippen LogP contribution in [0.2, 0.25) is 0 Å². The van der Waals surface area contributed by atoms with Gasteiger partial charge in [-0.2, -0.15) is 0 Å². The van der Waals surface area contributed by atoms with Gasteiger partial charge in [0.2, 0.25) is 11.2 Å². The fourth-order valence-electron chi connectivity index (χ4n) is 3.65. The Hall–Kier alpha value is -3.71. The third-order valence-corrected chi connectivity index (χ3v) is 5.68. The fourth-order valence-corrected chi connectivity index (χ4v) is 3.65. The number of ether oxygens (including phenoxy) is 3. The summed E-state index contributed by atoms with van der Waals surface area (Å²) >= 11 is 0. The van der Waals surface area contributed by atoms with Crippen LogP contribution >= 0.6 is 0 Å². The minimum Gasteiger partial charge on any atom is -0.507 e. The van der Waals surface area contributed by atoms with Crippen LogP contribution in [0.15, 0.2) is 68.9 Å². The van der Waals surface area contributed by atoms with E-state index in [1.165, 1.54) is 11.6 Å². The lowest BCUT2D eigenvalue weighted by Crippen LogP contribution is -2.19. The van der Waals surface area contributed by atoms with Gasteiger partial charge in [0.15, 0.2) is 5.76 Å². The van der Waals surface area contributed by atoms with Crippen LogP contribution in [-0.4, -0.2) is 38.0 Å². The zero-order chi connectivity index (χ0) is 27.5. The number of fused-ring (bicyclic) bond motifs is 1. The Kier molecular flexibility index (Phi) is 10.8. The zero-order valence-corrected chi connectivity index (χ0v) is 23.1. The molecule has 38 heavy (non-hydrogen) atoms. The van der Waals surface area contributed by atoms with Crippen LogP contribution in [0.5, 0.6) is 23.0 Å². The summed E-state index contributed by atoms with van der Waals surface area (Å²) in [6, 6.07) is 10.3. The first-order chi connectivity index (χ1) is 18.3. The average molecular weight is 522 g/mol. The number of nitrogens with one attached hydrogen (secondary N) is 1. The van der Waals surface area contributed by atoms with E-state index in [1.807, 2.05) is 64.1 Å². The van der Waals surface area contributed by atoms with Gasteiger partial charge in [-0.1, -0.05) is 18.1 Å². The van der Waals surface area contributed by atoms with Gasteiger partial charge in [-0.25, -0.2) is 0 Å². The van der Waals surface area contributed by atoms with Crippen molar-refractivity contribution < 1.29 is 23.7 Å². The van der Waals surface area contributed by atoms with Crippen LogP contribution in [0.4, 0.5) is 0 Å². The first kappa shape index (κ1) is 28.9. The van der Waals surface area contributed by atoms with E-state index >= 15 is 0 Å². The second-order valence-electron chi connectivity index (χ2n) is 9.57. The quantitative estimate of drug-likeness (QED) is 0.182. The molecule has 3 aromatic rings. The number of aromatic hydroxyl groups is 1. The summed E-state index contributed by atoms with van der Waals surface area (Å²) in [6.07, 6.45) is 5.70. The van der Waals surface area contributed by atoms with Gasteiger partial charge in [0, 0.05) is 17.7 Å². The fraction of sp³-hybridized carbons (Fsp3) is 0.387. The maximum Gasteiger partial charge on any atom is 0.239 e. The maximum atomic E-state index is 13.6. The van der Waals surface area contributed by atoms with Gasteiger partial charge in [0.1, 0.15) is 41.4 Å². The van der Waals surface area contributed by atoms with Crippen molar-refractivity contribution in [2.75, 3.05) is 32.9 Å². The first-order valence-electron chi connectivity index (χ1n) is 13.1. The van der Waals surface area contributed by atoms with Crippen LogP contribution in [0.3, 0.4) is 0 Å². The lowest BCUT2D eigenvalue weighted by Gasteiger charge is -2.14. The molecule has 7 nitrogen and oxygen atoms in total. The predicted octanol–water partition coefficient (Wildman–Crippen LogP) is 6.62. The number of phenolic OH excluding ortho intramolecular Hbond substituents is 1. The second kappa shape index (κ2) is 14.3. The molecule has 0 bridgehead atoms. The molecule has 2 aromatic carbocycles. The Bertz CT molecular complexity index is 1310. The van der Waals surface area contributed by atoms with E-state index in [4.69, 9.17) is 18.6 Å². The van der Waals surface area contributed by atoms with Gasteiger partial charge in [0.05, 0.1) is 6.61 Å². The lowest BCUT2D eigenvalue weighted by molar-refractivity contribution is 0.300. The summed E-state index contributed by atoms with van der Waals surface area (Å²) in [7, 11) is 0. The van der Waals surface area contributed by atoms with Gasteiger partial charge < -0.3 is 29.1 Å². The summed E-state index contributed by atoms with van der Waals surface area (Å²) in [5.41, 5.74) is 2.74. The molecular weight excluding hydrogens is 482 g/mol. The minimum absolute atomic E-state index is 0.0594. The van der Waals surface area contributed by atoms with Crippen molar-refractivity contribution in [1.29, 1.82) is 0 Å². The van der Waals surface area contributed by atoms with E-state index in [9.17, 15) is 9.90 Å². The number of allylic oxidation sites excluding steroid dienone is 2. The van der Waals surface area contributed by atoms with Crippen molar-refractivity contribution in [3.8, 4) is 34.3 Å². The molecule has 1 heterocycles. The molecule has 7 heteroatoms. The standard InChI is InChI=1S/C31H39NO6/c1-6-14-32-15-7-16-37-31-29(34)28-26(33)19-25(36-18-13-22(4)5)20-27(28)38-30(31)23-8-10-24(11-9-23)35-17-12-21(2)3/h8-13,19-20,32-33H,6-7,14-18H2,1-5H3. The highest BCUT2D eigenvalue weighted by Gasteiger charge is 2.21. The highest BCUT2D eigenvalue weighted by Crippen LogP contribution is 2.36. The number of rotatable bonds is 14. The van der Waals surface area contributed by atoms with Crippen LogP contribution < -0.4 is 25.0 Å². The molecule has 0 aliphatic heterocycles. The van der Waals surface area contributed by atoms with Gasteiger partial charge in [-0.3, -0.25) is 4.79 Å². The third-order valence-electron chi connectivity index (χ3n) is 5.68. The highest BCUT2D eigenvalue weighted by atomic mass is 16.5. The minimum atomic E-state index is -0.431. The Balaban J connectivity index is 1.98. The van der Waals surface area contributed by atoms with Crippen molar-refractivity contribution in [1.82, 2.24) is 5.32 Å². The highest BCUT2D eigenvalue weighted by molar-refractivity contribution is 5.88. The number of phenols is 1. The molecule has 0 aliphatic carbocycles. The lowest BCUT2D eigenvalue weighted by atomic mass is 10.1. The summed E-state index contributed by atoms with van der Waals surface area (Å²) in [6.45, 7) is 12.9. The van der Waals surface area contributed by atoms with Crippen LogP contribution in [-0.2, 0) is 0 Å². The molecule has 0 aliphatic rings. The van der Waals surface area contributed by atoms with Crippen molar-refractivity contribution >= 4 is 11.0 Å². The van der Waals surface area contributed by atoms with Gasteiger partial charge in [0.25, 0.3) is 0 Å². The van der Waals surface area contributed by atoms with Crippen molar-refractivity contribution in [2.45, 2.75) is 47.5 Å². The van der Waals surface area contributed by atoms with Crippen LogP contribution in [0.1, 0.15) is 47.5 Å². The Morgan fingerprint density at radius 3 is 2.21 bits per heavy atom. The second-order valence-corrected chi connectivity index (χ2v) is 9.57. The van der Waals surface area contributed by atoms with Crippen LogP contribution in [0.25, 0.3) is 22.3 Å². The topological polar surface area (TPSA) is 90.2 Å². The molecule has 0 atom stereocenters. The van der Waals surface area contributed by atoms with E-state index in [0.29, 0.717) is 42.6 Å². The molecule has 204 valence electrons. The summed E-state index contributed by atoms with van der Waals surface area (Å²) < 4.78 is 23.7. The van der Waals surface area contributed by atoms with Crippen molar-refractivity contribution in [3.63, 3.8) is 0 Å². The normalized spacial score (nSPS) is 10.8. The van der Waals surface area contributed by atoms with Crippen molar-refractivity contribution in [2.24, 2.45) is 0 Å². The zero-order valence-electron chi connectivity index (χ0n) is 23.1. The molecule has 3 rings (SSSR count). The van der Waals surface area contributed by atoms with Crippen molar-refractivity contribution in [3.05, 3.63) is 69.9 Å². The van der Waals surface area contributed by atoms with Gasteiger partial charge in [-0.05, 0) is 90.0 Å². The van der Waals surface area contributed by atoms with Crippen LogP contribution in [0, 0.1) is 0 Å². The number of hydrogen-bond acceptors (Lipinski definition) is 7. The smallest absolute Gasteiger partial charge is 0.239 e. The van der Waals surface area contributed by atoms with Gasteiger partial charge >= 0.3 is 0 Å². The molecule has 0 radical (unpaired) electrons. The Morgan fingerprint density at radius 2 is 1.58 bits per heavy atom. The molecule has 0 fully saturated rings. The van der Waals surface area contributed by atoms with E-state index in [-0.39, 0.29) is 22.5 Å². The molecule has 2 N–H and O–H groups in total. The monoisotopic (exact) mass is 521 g/mol. The molecule has 0 saturated carbocycles. The van der Waals surface area contributed by atoms with E-state index in [1.54, 1.807) is 6.07 Å². The average Bonchev–Trinajstić information content (AvgIpc) is 2.87. The largest absolute Gasteiger partial charge is 0.507 e. The first-order valence-corrected chi connectivity index (χ1v) is 13.1. The molecule has 0 unspecified atom stereocenters. The predicted molar refractivity (Wildman–Crippen MR) is 153 cm³/mol.